The number of rotatable bonds is 4. The lowest BCUT2D eigenvalue weighted by Crippen LogP contribution is -2.36. The molecule has 1 N–H and O–H groups in total. The standard InChI is InChI=1S/C21H22F3N5O/c1-13(15-4-3-5-16(10-15)21(22,23)24)26-20-18-11-17(29-6-8-30-9-7-29)12-25-19(18)14(2)27-28-20/h3-5,10-13H,6-9H2,1-2H3,(H,26,28)/t13-/m1/s1. The molecule has 3 aromatic rings. The molecular weight excluding hydrogens is 395 g/mol. The van der Waals surface area contributed by atoms with Crippen LogP contribution in [0.5, 0.6) is 0 Å². The first-order valence-electron chi connectivity index (χ1n) is 9.72. The summed E-state index contributed by atoms with van der Waals surface area (Å²) < 4.78 is 44.6. The summed E-state index contributed by atoms with van der Waals surface area (Å²) in [5, 5.41) is 12.4. The maximum atomic E-state index is 13.1. The van der Waals surface area contributed by atoms with E-state index in [4.69, 9.17) is 4.74 Å². The smallest absolute Gasteiger partial charge is 0.378 e. The summed E-state index contributed by atoms with van der Waals surface area (Å²) in [6.45, 7) is 6.48. The van der Waals surface area contributed by atoms with Gasteiger partial charge in [0.05, 0.1) is 47.9 Å². The Morgan fingerprint density at radius 2 is 1.90 bits per heavy atom. The first-order chi connectivity index (χ1) is 14.3. The molecule has 1 aromatic carbocycles. The van der Waals surface area contributed by atoms with Gasteiger partial charge in [0, 0.05) is 18.5 Å². The van der Waals surface area contributed by atoms with Crippen molar-refractivity contribution in [1.29, 1.82) is 0 Å². The summed E-state index contributed by atoms with van der Waals surface area (Å²) in [6, 6.07) is 6.88. The fraction of sp³-hybridized carbons (Fsp3) is 0.381. The van der Waals surface area contributed by atoms with Crippen LogP contribution in [0, 0.1) is 6.92 Å². The van der Waals surface area contributed by atoms with Crippen molar-refractivity contribution in [3.8, 4) is 0 Å². The Labute approximate surface area is 172 Å². The number of halogens is 3. The van der Waals surface area contributed by atoms with Crippen LogP contribution in [0.2, 0.25) is 0 Å². The molecule has 9 heteroatoms. The van der Waals surface area contributed by atoms with Gasteiger partial charge in [0.25, 0.3) is 0 Å². The number of aromatic nitrogens is 3. The molecule has 6 nitrogen and oxygen atoms in total. The van der Waals surface area contributed by atoms with Crippen molar-refractivity contribution in [3.63, 3.8) is 0 Å². The second-order valence-electron chi connectivity index (χ2n) is 7.31. The van der Waals surface area contributed by atoms with Crippen LogP contribution in [0.4, 0.5) is 24.7 Å². The van der Waals surface area contributed by atoms with E-state index in [1.807, 2.05) is 19.2 Å². The second kappa shape index (κ2) is 8.06. The van der Waals surface area contributed by atoms with Crippen molar-refractivity contribution >= 4 is 22.4 Å². The molecule has 0 aliphatic carbocycles. The van der Waals surface area contributed by atoms with E-state index in [2.05, 4.69) is 25.4 Å². The normalized spacial score (nSPS) is 16.0. The second-order valence-corrected chi connectivity index (χ2v) is 7.31. The molecule has 0 bridgehead atoms. The fourth-order valence-corrected chi connectivity index (χ4v) is 3.52. The number of hydrogen-bond donors (Lipinski definition) is 1. The number of benzene rings is 1. The van der Waals surface area contributed by atoms with Crippen LogP contribution in [0.3, 0.4) is 0 Å². The Balaban J connectivity index is 1.67. The molecule has 0 radical (unpaired) electrons. The van der Waals surface area contributed by atoms with Crippen LogP contribution in [-0.4, -0.2) is 41.5 Å². The minimum absolute atomic E-state index is 0.403. The summed E-state index contributed by atoms with van der Waals surface area (Å²) in [7, 11) is 0. The molecule has 0 amide bonds. The summed E-state index contributed by atoms with van der Waals surface area (Å²) >= 11 is 0. The first kappa shape index (κ1) is 20.3. The molecule has 1 aliphatic rings. The highest BCUT2D eigenvalue weighted by Crippen LogP contribution is 2.32. The predicted octanol–water partition coefficient (Wildman–Crippen LogP) is 4.36. The average Bonchev–Trinajstić information content (AvgIpc) is 2.75. The third kappa shape index (κ3) is 4.16. The Kier molecular flexibility index (Phi) is 5.46. The van der Waals surface area contributed by atoms with Gasteiger partial charge in [0.2, 0.25) is 0 Å². The molecule has 4 rings (SSSR count). The van der Waals surface area contributed by atoms with Crippen molar-refractivity contribution in [3.05, 3.63) is 53.3 Å². The van der Waals surface area contributed by atoms with E-state index in [0.29, 0.717) is 35.8 Å². The largest absolute Gasteiger partial charge is 0.416 e. The number of anilines is 2. The summed E-state index contributed by atoms with van der Waals surface area (Å²) in [6.07, 6.45) is -2.58. The van der Waals surface area contributed by atoms with Gasteiger partial charge in [-0.2, -0.15) is 18.3 Å². The first-order valence-corrected chi connectivity index (χ1v) is 9.72. The zero-order chi connectivity index (χ0) is 21.3. The van der Waals surface area contributed by atoms with Crippen LogP contribution in [0.15, 0.2) is 36.5 Å². The molecule has 1 fully saturated rings. The third-order valence-electron chi connectivity index (χ3n) is 5.21. The van der Waals surface area contributed by atoms with E-state index < -0.39 is 17.8 Å². The van der Waals surface area contributed by atoms with E-state index in [9.17, 15) is 13.2 Å². The molecule has 3 heterocycles. The number of ether oxygens (including phenoxy) is 1. The molecular formula is C21H22F3N5O. The van der Waals surface area contributed by atoms with Gasteiger partial charge in [-0.1, -0.05) is 12.1 Å². The quantitative estimate of drug-likeness (QED) is 0.681. The SMILES string of the molecule is Cc1nnc(N[C@H](C)c2cccc(C(F)(F)F)c2)c2cc(N3CCOCC3)cnc12. The van der Waals surface area contributed by atoms with E-state index in [-0.39, 0.29) is 0 Å². The van der Waals surface area contributed by atoms with Crippen molar-refractivity contribution in [2.24, 2.45) is 0 Å². The molecule has 0 spiro atoms. The van der Waals surface area contributed by atoms with Crippen molar-refractivity contribution in [2.45, 2.75) is 26.1 Å². The third-order valence-corrected chi connectivity index (χ3v) is 5.21. The van der Waals surface area contributed by atoms with Crippen LogP contribution >= 0.6 is 0 Å². The van der Waals surface area contributed by atoms with Gasteiger partial charge in [-0.25, -0.2) is 0 Å². The van der Waals surface area contributed by atoms with E-state index >= 15 is 0 Å². The number of fused-ring (bicyclic) bond motifs is 1. The summed E-state index contributed by atoms with van der Waals surface area (Å²) in [4.78, 5) is 6.76. The van der Waals surface area contributed by atoms with Crippen LogP contribution in [0.25, 0.3) is 10.9 Å². The van der Waals surface area contributed by atoms with Gasteiger partial charge in [0.15, 0.2) is 5.82 Å². The summed E-state index contributed by atoms with van der Waals surface area (Å²) in [5.74, 6) is 0.489. The molecule has 1 saturated heterocycles. The van der Waals surface area contributed by atoms with Gasteiger partial charge in [-0.15, -0.1) is 5.10 Å². The number of hydrogen-bond acceptors (Lipinski definition) is 6. The molecule has 0 saturated carbocycles. The van der Waals surface area contributed by atoms with Crippen LogP contribution in [0.1, 0.15) is 29.8 Å². The molecule has 1 atom stereocenters. The number of morpholine rings is 1. The van der Waals surface area contributed by atoms with Crippen LogP contribution < -0.4 is 10.2 Å². The van der Waals surface area contributed by atoms with Gasteiger partial charge < -0.3 is 15.0 Å². The van der Waals surface area contributed by atoms with E-state index in [1.54, 1.807) is 13.0 Å². The van der Waals surface area contributed by atoms with Crippen molar-refractivity contribution in [1.82, 2.24) is 15.2 Å². The van der Waals surface area contributed by atoms with Gasteiger partial charge in [-0.05, 0) is 37.6 Å². The van der Waals surface area contributed by atoms with Crippen molar-refractivity contribution in [2.75, 3.05) is 36.5 Å². The molecule has 0 unspecified atom stereocenters. The highest BCUT2D eigenvalue weighted by molar-refractivity contribution is 5.92. The van der Waals surface area contributed by atoms with E-state index in [1.165, 1.54) is 6.07 Å². The topological polar surface area (TPSA) is 63.2 Å². The lowest BCUT2D eigenvalue weighted by Gasteiger charge is -2.28. The zero-order valence-corrected chi connectivity index (χ0v) is 16.7. The fourth-order valence-electron chi connectivity index (χ4n) is 3.52. The lowest BCUT2D eigenvalue weighted by atomic mass is 10.0. The molecule has 2 aromatic heterocycles. The molecule has 158 valence electrons. The van der Waals surface area contributed by atoms with Gasteiger partial charge in [0.1, 0.15) is 0 Å². The number of nitrogens with one attached hydrogen (secondary N) is 1. The minimum atomic E-state index is -4.39. The van der Waals surface area contributed by atoms with Crippen molar-refractivity contribution < 1.29 is 17.9 Å². The number of nitrogens with zero attached hydrogens (tertiary/aromatic N) is 4. The van der Waals surface area contributed by atoms with Crippen LogP contribution in [-0.2, 0) is 10.9 Å². The Bertz CT molecular complexity index is 1050. The average molecular weight is 417 g/mol. The highest BCUT2D eigenvalue weighted by Gasteiger charge is 2.30. The Morgan fingerprint density at radius 3 is 2.63 bits per heavy atom. The highest BCUT2D eigenvalue weighted by atomic mass is 19.4. The van der Waals surface area contributed by atoms with Gasteiger partial charge >= 0.3 is 6.18 Å². The number of alkyl halides is 3. The molecule has 1 aliphatic heterocycles. The maximum Gasteiger partial charge on any atom is 0.416 e. The monoisotopic (exact) mass is 417 g/mol. The van der Waals surface area contributed by atoms with Gasteiger partial charge in [-0.3, -0.25) is 4.98 Å². The summed E-state index contributed by atoms with van der Waals surface area (Å²) in [5.41, 5.74) is 2.19. The lowest BCUT2D eigenvalue weighted by molar-refractivity contribution is -0.137. The number of pyridine rings is 1. The Hall–Kier alpha value is -2.94. The maximum absolute atomic E-state index is 13.1. The predicted molar refractivity (Wildman–Crippen MR) is 109 cm³/mol. The molecule has 30 heavy (non-hydrogen) atoms. The Morgan fingerprint density at radius 1 is 1.13 bits per heavy atom. The zero-order valence-electron chi connectivity index (χ0n) is 16.7. The minimum Gasteiger partial charge on any atom is -0.378 e. The van der Waals surface area contributed by atoms with E-state index in [0.717, 1.165) is 36.3 Å². The number of aryl methyl sites for hydroxylation is 1.